The van der Waals surface area contributed by atoms with Crippen molar-refractivity contribution < 1.29 is 28.2 Å². The lowest BCUT2D eigenvalue weighted by molar-refractivity contribution is -0.145. The number of benzene rings is 2. The van der Waals surface area contributed by atoms with Crippen LogP contribution >= 0.6 is 34.4 Å². The number of anilines is 1. The first-order valence-electron chi connectivity index (χ1n) is 9.86. The maximum absolute atomic E-state index is 13.9. The molecule has 2 aromatic carbocycles. The highest BCUT2D eigenvalue weighted by Crippen LogP contribution is 2.37. The summed E-state index contributed by atoms with van der Waals surface area (Å²) in [7, 11) is 0. The maximum atomic E-state index is 13.9. The molecule has 0 radical (unpaired) electrons. The predicted molar refractivity (Wildman–Crippen MR) is 130 cm³/mol. The molecule has 0 spiro atoms. The zero-order valence-corrected chi connectivity index (χ0v) is 20.4. The third kappa shape index (κ3) is 6.28. The third-order valence-corrected chi connectivity index (χ3v) is 5.99. The lowest BCUT2D eigenvalue weighted by Gasteiger charge is -2.14. The molecule has 170 valence electrons. The van der Waals surface area contributed by atoms with Gasteiger partial charge in [-0.05, 0) is 72.3 Å². The number of esters is 1. The van der Waals surface area contributed by atoms with Crippen molar-refractivity contribution in [3.8, 4) is 11.5 Å². The molecule has 1 amide bonds. The van der Waals surface area contributed by atoms with E-state index >= 15 is 0 Å². The Labute approximate surface area is 203 Å². The number of rotatable bonds is 9. The smallest absolute Gasteiger partial charge is 0.344 e. The number of carbonyl (C=O) groups excluding carboxylic acids is 2. The number of thioether (sulfide) groups is 1. The first kappa shape index (κ1) is 24.2. The predicted octanol–water partition coefficient (Wildman–Crippen LogP) is 4.37. The van der Waals surface area contributed by atoms with E-state index in [1.807, 2.05) is 13.0 Å². The lowest BCUT2D eigenvalue weighted by Crippen LogP contribution is -2.31. The molecule has 2 aromatic rings. The van der Waals surface area contributed by atoms with Gasteiger partial charge in [0.05, 0.1) is 27.4 Å². The van der Waals surface area contributed by atoms with Gasteiger partial charge >= 0.3 is 5.97 Å². The van der Waals surface area contributed by atoms with Crippen molar-refractivity contribution in [3.05, 3.63) is 56.3 Å². The topological polar surface area (TPSA) is 85.9 Å². The first-order chi connectivity index (χ1) is 15.4. The fourth-order valence-electron chi connectivity index (χ4n) is 2.84. The van der Waals surface area contributed by atoms with Crippen molar-refractivity contribution in [1.82, 2.24) is 5.32 Å². The average molecular weight is 572 g/mol. The van der Waals surface area contributed by atoms with Crippen LogP contribution in [0.15, 0.2) is 41.3 Å². The molecule has 1 aliphatic heterocycles. The van der Waals surface area contributed by atoms with Gasteiger partial charge in [0.2, 0.25) is 0 Å². The number of hydrogen-bond acceptors (Lipinski definition) is 7. The summed E-state index contributed by atoms with van der Waals surface area (Å²) >= 11 is 3.34. The SMILES string of the molecule is CCOC(=O)COc1c(I)cc(/C=C2\SC(Nc3ccccc3F)NC2=O)cc1OCC. The summed E-state index contributed by atoms with van der Waals surface area (Å²) in [5.41, 5.74) is 0.539. The highest BCUT2D eigenvalue weighted by molar-refractivity contribution is 14.1. The van der Waals surface area contributed by atoms with Crippen LogP contribution < -0.4 is 20.1 Å². The summed E-state index contributed by atoms with van der Waals surface area (Å²) in [5, 5.41) is 5.75. The maximum Gasteiger partial charge on any atom is 0.344 e. The minimum Gasteiger partial charge on any atom is -0.490 e. The van der Waals surface area contributed by atoms with E-state index in [2.05, 4.69) is 33.2 Å². The van der Waals surface area contributed by atoms with Crippen molar-refractivity contribution in [1.29, 1.82) is 0 Å². The Morgan fingerprint density at radius 1 is 1.25 bits per heavy atom. The minimum atomic E-state index is -0.497. The largest absolute Gasteiger partial charge is 0.490 e. The van der Waals surface area contributed by atoms with Gasteiger partial charge in [-0.1, -0.05) is 23.9 Å². The number of hydrogen-bond donors (Lipinski definition) is 2. The fourth-order valence-corrected chi connectivity index (χ4v) is 4.60. The summed E-state index contributed by atoms with van der Waals surface area (Å²) < 4.78 is 30.8. The Balaban J connectivity index is 1.77. The van der Waals surface area contributed by atoms with Crippen LogP contribution in [0.3, 0.4) is 0 Å². The monoisotopic (exact) mass is 572 g/mol. The molecule has 0 aromatic heterocycles. The van der Waals surface area contributed by atoms with Crippen LogP contribution in [0.4, 0.5) is 10.1 Å². The molecular formula is C22H22FIN2O5S. The van der Waals surface area contributed by atoms with Gasteiger partial charge in [-0.15, -0.1) is 0 Å². The van der Waals surface area contributed by atoms with Gasteiger partial charge in [-0.25, -0.2) is 9.18 Å². The second-order valence-corrected chi connectivity index (χ2v) is 8.77. The highest BCUT2D eigenvalue weighted by Gasteiger charge is 2.28. The Hall–Kier alpha value is -2.47. The first-order valence-corrected chi connectivity index (χ1v) is 11.8. The summed E-state index contributed by atoms with van der Waals surface area (Å²) in [4.78, 5) is 24.5. The molecule has 1 fully saturated rings. The Morgan fingerprint density at radius 2 is 2.03 bits per heavy atom. The number of carbonyl (C=O) groups is 2. The van der Waals surface area contributed by atoms with Gasteiger partial charge in [0.25, 0.3) is 5.91 Å². The van der Waals surface area contributed by atoms with Crippen LogP contribution in [0.25, 0.3) is 6.08 Å². The highest BCUT2D eigenvalue weighted by atomic mass is 127. The van der Waals surface area contributed by atoms with Crippen molar-refractivity contribution >= 4 is 58.0 Å². The van der Waals surface area contributed by atoms with E-state index in [0.717, 1.165) is 5.56 Å². The Kier molecular flexibility index (Phi) is 8.62. The molecule has 1 heterocycles. The third-order valence-electron chi connectivity index (χ3n) is 4.16. The number of ether oxygens (including phenoxy) is 3. The minimum absolute atomic E-state index is 0.230. The number of para-hydroxylation sites is 1. The van der Waals surface area contributed by atoms with Crippen molar-refractivity contribution in [3.63, 3.8) is 0 Å². The van der Waals surface area contributed by atoms with Crippen LogP contribution in [0.5, 0.6) is 11.5 Å². The second kappa shape index (κ2) is 11.4. The van der Waals surface area contributed by atoms with E-state index in [1.54, 1.807) is 37.3 Å². The van der Waals surface area contributed by atoms with Gasteiger partial charge in [-0.2, -0.15) is 0 Å². The van der Waals surface area contributed by atoms with Crippen LogP contribution in [-0.2, 0) is 14.3 Å². The molecule has 0 aliphatic carbocycles. The number of amides is 1. The summed E-state index contributed by atoms with van der Waals surface area (Å²) in [6.45, 7) is 4.01. The van der Waals surface area contributed by atoms with E-state index < -0.39 is 17.3 Å². The Bertz CT molecular complexity index is 1030. The molecule has 3 rings (SSSR count). The second-order valence-electron chi connectivity index (χ2n) is 6.46. The number of nitrogens with one attached hydrogen (secondary N) is 2. The Morgan fingerprint density at radius 3 is 2.75 bits per heavy atom. The summed E-state index contributed by atoms with van der Waals surface area (Å²) in [5.74, 6) is -0.233. The van der Waals surface area contributed by atoms with Crippen molar-refractivity contribution in [2.75, 3.05) is 25.1 Å². The van der Waals surface area contributed by atoms with Gasteiger partial charge < -0.3 is 24.8 Å². The zero-order valence-electron chi connectivity index (χ0n) is 17.4. The standard InChI is InChI=1S/C22H22FIN2O5S/c1-3-29-17-10-13(9-15(24)20(17)31-12-19(27)30-4-2)11-18-21(28)26-22(32-18)25-16-8-6-5-7-14(16)23/h5-11,22,25H,3-4,12H2,1-2H3,(H,26,28)/b18-11-. The number of halogens is 2. The van der Waals surface area contributed by atoms with Crippen LogP contribution in [0.2, 0.25) is 0 Å². The van der Waals surface area contributed by atoms with Crippen LogP contribution in [-0.4, -0.2) is 37.2 Å². The molecule has 7 nitrogen and oxygen atoms in total. The molecule has 1 saturated heterocycles. The van der Waals surface area contributed by atoms with Crippen molar-refractivity contribution in [2.24, 2.45) is 0 Å². The fraction of sp³-hybridized carbons (Fsp3) is 0.273. The van der Waals surface area contributed by atoms with E-state index in [1.165, 1.54) is 17.8 Å². The molecule has 1 aliphatic rings. The quantitative estimate of drug-likeness (QED) is 0.262. The lowest BCUT2D eigenvalue weighted by atomic mass is 10.2. The van der Waals surface area contributed by atoms with Gasteiger partial charge in [0.1, 0.15) is 5.82 Å². The molecule has 1 atom stereocenters. The average Bonchev–Trinajstić information content (AvgIpc) is 3.08. The van der Waals surface area contributed by atoms with Gasteiger partial charge in [0.15, 0.2) is 23.6 Å². The summed E-state index contributed by atoms with van der Waals surface area (Å²) in [6.07, 6.45) is 1.73. The van der Waals surface area contributed by atoms with Gasteiger partial charge in [-0.3, -0.25) is 4.79 Å². The molecular weight excluding hydrogens is 550 g/mol. The summed E-state index contributed by atoms with van der Waals surface area (Å²) in [6, 6.07) is 9.84. The van der Waals surface area contributed by atoms with Crippen LogP contribution in [0, 0.1) is 9.39 Å². The molecule has 1 unspecified atom stereocenters. The molecule has 10 heteroatoms. The van der Waals surface area contributed by atoms with Crippen molar-refractivity contribution in [2.45, 2.75) is 19.3 Å². The van der Waals surface area contributed by atoms with Gasteiger partial charge in [0, 0.05) is 0 Å². The van der Waals surface area contributed by atoms with E-state index in [-0.39, 0.29) is 19.1 Å². The molecule has 2 N–H and O–H groups in total. The zero-order chi connectivity index (χ0) is 23.1. The van der Waals surface area contributed by atoms with E-state index in [4.69, 9.17) is 14.2 Å². The normalized spacial score (nSPS) is 16.6. The molecule has 0 bridgehead atoms. The van der Waals surface area contributed by atoms with E-state index in [0.29, 0.717) is 32.3 Å². The molecule has 32 heavy (non-hydrogen) atoms. The molecule has 0 saturated carbocycles. The van der Waals surface area contributed by atoms with Crippen LogP contribution in [0.1, 0.15) is 19.4 Å². The van der Waals surface area contributed by atoms with E-state index in [9.17, 15) is 14.0 Å².